The molecule has 1 aliphatic rings. The lowest BCUT2D eigenvalue weighted by Gasteiger charge is -2.17. The van der Waals surface area contributed by atoms with Gasteiger partial charge in [0, 0.05) is 57.1 Å². The second kappa shape index (κ2) is 5.80. The molecule has 7 nitrogen and oxygen atoms in total. The van der Waals surface area contributed by atoms with Gasteiger partial charge in [0.25, 0.3) is 0 Å². The smallest absolute Gasteiger partial charge is 0.324 e. The van der Waals surface area contributed by atoms with Crippen LogP contribution in [0.2, 0.25) is 0 Å². The first-order chi connectivity index (χ1) is 10.5. The van der Waals surface area contributed by atoms with Crippen LogP contribution in [0.4, 0.5) is 27.2 Å². The number of likely N-dealkylation sites (N-methyl/N-ethyl adjacent to an activating group) is 1. The Labute approximate surface area is 133 Å². The van der Waals surface area contributed by atoms with Crippen molar-refractivity contribution in [1.82, 2.24) is 14.3 Å². The fourth-order valence-electron chi connectivity index (χ4n) is 2.21. The van der Waals surface area contributed by atoms with Crippen LogP contribution in [0.1, 0.15) is 0 Å². The van der Waals surface area contributed by atoms with Gasteiger partial charge in [-0.15, -0.1) is 0 Å². The van der Waals surface area contributed by atoms with Crippen molar-refractivity contribution >= 4 is 40.0 Å². The standard InChI is InChI=1S/C14H18N6OS/c1-18(2)12-16-13(22-17-12)15-10-5-4-6-11(9-10)20-8-7-19(3)14(20)21/h4-6,9H,7-8H2,1-3H3,(H,15,16,17). The van der Waals surface area contributed by atoms with Crippen molar-refractivity contribution in [2.75, 3.05) is 49.3 Å². The van der Waals surface area contributed by atoms with Gasteiger partial charge in [0.1, 0.15) is 0 Å². The van der Waals surface area contributed by atoms with Gasteiger partial charge in [0.05, 0.1) is 0 Å². The van der Waals surface area contributed by atoms with E-state index < -0.39 is 0 Å². The summed E-state index contributed by atoms with van der Waals surface area (Å²) in [4.78, 5) is 21.8. The first-order valence-corrected chi connectivity index (χ1v) is 7.72. The molecule has 8 heteroatoms. The van der Waals surface area contributed by atoms with Crippen LogP contribution in [0, 0.1) is 0 Å². The normalized spacial score (nSPS) is 14.6. The molecule has 1 aromatic heterocycles. The zero-order chi connectivity index (χ0) is 15.7. The number of amides is 2. The number of carbonyl (C=O) groups is 1. The maximum absolute atomic E-state index is 12.1. The number of carbonyl (C=O) groups excluding carboxylic acids is 1. The zero-order valence-electron chi connectivity index (χ0n) is 12.8. The van der Waals surface area contributed by atoms with Crippen LogP contribution in [0.5, 0.6) is 0 Å². The highest BCUT2D eigenvalue weighted by Gasteiger charge is 2.26. The Morgan fingerprint density at radius 3 is 2.77 bits per heavy atom. The van der Waals surface area contributed by atoms with E-state index >= 15 is 0 Å². The Morgan fingerprint density at radius 1 is 1.32 bits per heavy atom. The topological polar surface area (TPSA) is 64.6 Å². The van der Waals surface area contributed by atoms with Crippen molar-refractivity contribution in [1.29, 1.82) is 0 Å². The molecule has 2 heterocycles. The average Bonchev–Trinajstić information content (AvgIpc) is 3.08. The fourth-order valence-corrected chi connectivity index (χ4v) is 2.87. The van der Waals surface area contributed by atoms with E-state index in [1.165, 1.54) is 11.5 Å². The highest BCUT2D eigenvalue weighted by molar-refractivity contribution is 7.10. The molecule has 0 saturated carbocycles. The van der Waals surface area contributed by atoms with E-state index in [0.29, 0.717) is 12.5 Å². The molecule has 0 spiro atoms. The van der Waals surface area contributed by atoms with Crippen molar-refractivity contribution in [3.63, 3.8) is 0 Å². The number of hydrogen-bond acceptors (Lipinski definition) is 6. The summed E-state index contributed by atoms with van der Waals surface area (Å²) in [6.07, 6.45) is 0. The summed E-state index contributed by atoms with van der Waals surface area (Å²) in [6, 6.07) is 7.80. The number of anilines is 4. The molecule has 1 fully saturated rings. The molecule has 0 aliphatic carbocycles. The van der Waals surface area contributed by atoms with E-state index in [0.717, 1.165) is 23.1 Å². The lowest BCUT2D eigenvalue weighted by Crippen LogP contribution is -2.29. The Balaban J connectivity index is 1.77. The molecule has 3 rings (SSSR count). The van der Waals surface area contributed by atoms with Gasteiger partial charge in [-0.1, -0.05) is 6.07 Å². The van der Waals surface area contributed by atoms with Gasteiger partial charge < -0.3 is 15.1 Å². The number of nitrogens with zero attached hydrogens (tertiary/aromatic N) is 5. The largest absolute Gasteiger partial charge is 0.346 e. The van der Waals surface area contributed by atoms with Gasteiger partial charge in [0.2, 0.25) is 11.1 Å². The van der Waals surface area contributed by atoms with E-state index in [1.807, 2.05) is 50.3 Å². The van der Waals surface area contributed by atoms with Crippen molar-refractivity contribution in [2.24, 2.45) is 0 Å². The second-order valence-electron chi connectivity index (χ2n) is 5.33. The number of rotatable bonds is 4. The molecule has 1 aliphatic heterocycles. The second-order valence-corrected chi connectivity index (χ2v) is 6.08. The van der Waals surface area contributed by atoms with Gasteiger partial charge in [-0.2, -0.15) is 9.36 Å². The van der Waals surface area contributed by atoms with Gasteiger partial charge in [-0.05, 0) is 18.2 Å². The summed E-state index contributed by atoms with van der Waals surface area (Å²) >= 11 is 1.31. The van der Waals surface area contributed by atoms with Crippen LogP contribution in [0.25, 0.3) is 0 Å². The average molecular weight is 318 g/mol. The van der Waals surface area contributed by atoms with E-state index in [9.17, 15) is 4.79 Å². The minimum atomic E-state index is 0.0305. The van der Waals surface area contributed by atoms with Crippen molar-refractivity contribution in [3.8, 4) is 0 Å². The molecular formula is C14H18N6OS. The molecule has 1 aromatic carbocycles. The molecule has 22 heavy (non-hydrogen) atoms. The maximum atomic E-state index is 12.1. The number of aromatic nitrogens is 2. The fraction of sp³-hybridized carbons (Fsp3) is 0.357. The summed E-state index contributed by atoms with van der Waals surface area (Å²) < 4.78 is 4.26. The third-order valence-electron chi connectivity index (χ3n) is 3.44. The predicted molar refractivity (Wildman–Crippen MR) is 89.3 cm³/mol. The molecule has 0 atom stereocenters. The molecule has 0 bridgehead atoms. The zero-order valence-corrected chi connectivity index (χ0v) is 13.6. The van der Waals surface area contributed by atoms with Gasteiger partial charge in [0.15, 0.2) is 0 Å². The van der Waals surface area contributed by atoms with Crippen molar-refractivity contribution < 1.29 is 4.79 Å². The number of hydrogen-bond donors (Lipinski definition) is 1. The Hall–Kier alpha value is -2.35. The third kappa shape index (κ3) is 2.82. The van der Waals surface area contributed by atoms with E-state index in [1.54, 1.807) is 9.80 Å². The van der Waals surface area contributed by atoms with Crippen LogP contribution in [0.3, 0.4) is 0 Å². The van der Waals surface area contributed by atoms with Crippen LogP contribution < -0.4 is 15.1 Å². The van der Waals surface area contributed by atoms with E-state index in [-0.39, 0.29) is 6.03 Å². The first kappa shape index (κ1) is 14.6. The highest BCUT2D eigenvalue weighted by atomic mass is 32.1. The van der Waals surface area contributed by atoms with Crippen molar-refractivity contribution in [3.05, 3.63) is 24.3 Å². The summed E-state index contributed by atoms with van der Waals surface area (Å²) in [5, 5.41) is 3.96. The Bertz CT molecular complexity index is 685. The van der Waals surface area contributed by atoms with Crippen molar-refractivity contribution in [2.45, 2.75) is 0 Å². The predicted octanol–water partition coefficient (Wildman–Crippen LogP) is 2.22. The molecule has 0 unspecified atom stereocenters. The molecule has 1 saturated heterocycles. The highest BCUT2D eigenvalue weighted by Crippen LogP contribution is 2.26. The minimum Gasteiger partial charge on any atom is -0.346 e. The number of urea groups is 1. The molecule has 2 amide bonds. The Kier molecular flexibility index (Phi) is 3.84. The Morgan fingerprint density at radius 2 is 2.14 bits per heavy atom. The number of benzene rings is 1. The third-order valence-corrected chi connectivity index (χ3v) is 4.06. The van der Waals surface area contributed by atoms with Gasteiger partial charge >= 0.3 is 6.03 Å². The molecular weight excluding hydrogens is 300 g/mol. The maximum Gasteiger partial charge on any atom is 0.324 e. The lowest BCUT2D eigenvalue weighted by atomic mass is 10.2. The van der Waals surface area contributed by atoms with E-state index in [2.05, 4.69) is 14.7 Å². The first-order valence-electron chi connectivity index (χ1n) is 6.95. The summed E-state index contributed by atoms with van der Waals surface area (Å²) in [6.45, 7) is 1.46. The van der Waals surface area contributed by atoms with Gasteiger partial charge in [-0.3, -0.25) is 4.90 Å². The van der Waals surface area contributed by atoms with Gasteiger partial charge in [-0.25, -0.2) is 4.79 Å². The summed E-state index contributed by atoms with van der Waals surface area (Å²) in [7, 11) is 5.62. The molecule has 1 N–H and O–H groups in total. The van der Waals surface area contributed by atoms with E-state index in [4.69, 9.17) is 0 Å². The molecule has 116 valence electrons. The quantitative estimate of drug-likeness (QED) is 0.936. The van der Waals surface area contributed by atoms with Crippen LogP contribution in [0.15, 0.2) is 24.3 Å². The lowest BCUT2D eigenvalue weighted by molar-refractivity contribution is 0.229. The van der Waals surface area contributed by atoms with Crippen LogP contribution in [-0.4, -0.2) is 54.5 Å². The summed E-state index contributed by atoms with van der Waals surface area (Å²) in [5.41, 5.74) is 1.78. The number of nitrogens with one attached hydrogen (secondary N) is 1. The summed E-state index contributed by atoms with van der Waals surface area (Å²) in [5.74, 6) is 0.681. The minimum absolute atomic E-state index is 0.0305. The van der Waals surface area contributed by atoms with Crippen LogP contribution in [-0.2, 0) is 0 Å². The molecule has 0 radical (unpaired) electrons. The van der Waals surface area contributed by atoms with Crippen LogP contribution >= 0.6 is 11.5 Å². The molecule has 2 aromatic rings. The monoisotopic (exact) mass is 318 g/mol. The SMILES string of the molecule is CN1CCN(c2cccc(Nc3nc(N(C)C)ns3)c2)C1=O.